The van der Waals surface area contributed by atoms with Crippen LogP contribution in [-0.2, 0) is 10.0 Å². The summed E-state index contributed by atoms with van der Waals surface area (Å²) >= 11 is 0. The van der Waals surface area contributed by atoms with Gasteiger partial charge < -0.3 is 10.1 Å². The first-order valence-electron chi connectivity index (χ1n) is 7.26. The molecule has 3 rings (SSSR count). The third-order valence-corrected chi connectivity index (χ3v) is 5.04. The molecular weight excluding hydrogens is 344 g/mol. The largest absolute Gasteiger partial charge is 0.477 e. The van der Waals surface area contributed by atoms with Crippen LogP contribution in [0.2, 0.25) is 0 Å². The third kappa shape index (κ3) is 3.24. The van der Waals surface area contributed by atoms with Crippen LogP contribution in [0, 0.1) is 6.92 Å². The van der Waals surface area contributed by atoms with Crippen molar-refractivity contribution in [2.75, 3.05) is 4.72 Å². The van der Waals surface area contributed by atoms with Crippen LogP contribution >= 0.6 is 0 Å². The van der Waals surface area contributed by atoms with E-state index in [0.717, 1.165) is 11.8 Å². The molecule has 0 atom stereocenters. The summed E-state index contributed by atoms with van der Waals surface area (Å²) in [7, 11) is -3.92. The molecule has 0 saturated carbocycles. The zero-order valence-electron chi connectivity index (χ0n) is 13.1. The standard InChI is InChI=1S/C17H14N2O5S/c1-10-3-2-4-11(7-10)19-25(23,24)12-5-6-15-13(8-12)16(20)14(9-18-15)17(21)22/h2-9,19H,1H3,(H,18,20)(H,21,22). The maximum Gasteiger partial charge on any atom is 0.341 e. The van der Waals surface area contributed by atoms with Crippen molar-refractivity contribution in [3.63, 3.8) is 0 Å². The molecule has 0 amide bonds. The Balaban J connectivity index is 2.10. The Bertz CT molecular complexity index is 1150. The van der Waals surface area contributed by atoms with Crippen LogP contribution in [0.3, 0.4) is 0 Å². The number of carboxylic acid groups (broad SMARTS) is 1. The van der Waals surface area contributed by atoms with Crippen molar-refractivity contribution in [1.82, 2.24) is 4.98 Å². The van der Waals surface area contributed by atoms with E-state index in [4.69, 9.17) is 5.11 Å². The van der Waals surface area contributed by atoms with E-state index in [1.54, 1.807) is 18.2 Å². The number of hydrogen-bond donors (Lipinski definition) is 3. The van der Waals surface area contributed by atoms with E-state index in [1.165, 1.54) is 18.2 Å². The number of carbonyl (C=O) groups is 1. The molecular formula is C17H14N2O5S. The highest BCUT2D eigenvalue weighted by Gasteiger charge is 2.17. The number of anilines is 1. The van der Waals surface area contributed by atoms with E-state index in [-0.39, 0.29) is 10.3 Å². The van der Waals surface area contributed by atoms with Gasteiger partial charge in [-0.05, 0) is 42.8 Å². The molecule has 1 aromatic heterocycles. The SMILES string of the molecule is Cc1cccc(NS(=O)(=O)c2ccc3[nH]cc(C(=O)O)c(=O)c3c2)c1. The number of fused-ring (bicyclic) bond motifs is 1. The molecule has 8 heteroatoms. The predicted molar refractivity (Wildman–Crippen MR) is 93.5 cm³/mol. The highest BCUT2D eigenvalue weighted by Crippen LogP contribution is 2.20. The van der Waals surface area contributed by atoms with E-state index >= 15 is 0 Å². The van der Waals surface area contributed by atoms with Crippen molar-refractivity contribution in [2.45, 2.75) is 11.8 Å². The molecule has 0 spiro atoms. The molecule has 0 saturated heterocycles. The third-order valence-electron chi connectivity index (χ3n) is 3.66. The van der Waals surface area contributed by atoms with Crippen LogP contribution in [0.25, 0.3) is 10.9 Å². The Morgan fingerprint density at radius 1 is 1.16 bits per heavy atom. The molecule has 7 nitrogen and oxygen atoms in total. The van der Waals surface area contributed by atoms with Crippen LogP contribution in [0.5, 0.6) is 0 Å². The monoisotopic (exact) mass is 358 g/mol. The Labute approximate surface area is 143 Å². The summed E-state index contributed by atoms with van der Waals surface area (Å²) in [5.41, 5.74) is 0.446. The molecule has 1 heterocycles. The Morgan fingerprint density at radius 2 is 1.92 bits per heavy atom. The number of aromatic nitrogens is 1. The Kier molecular flexibility index (Phi) is 4.05. The first-order valence-corrected chi connectivity index (χ1v) is 8.74. The molecule has 0 radical (unpaired) electrons. The normalized spacial score (nSPS) is 11.4. The molecule has 2 aromatic carbocycles. The van der Waals surface area contributed by atoms with Gasteiger partial charge in [0.25, 0.3) is 10.0 Å². The van der Waals surface area contributed by atoms with E-state index in [9.17, 15) is 18.0 Å². The van der Waals surface area contributed by atoms with Crippen LogP contribution in [-0.4, -0.2) is 24.5 Å². The predicted octanol–water partition coefficient (Wildman–Crippen LogP) is 2.34. The van der Waals surface area contributed by atoms with Crippen molar-refractivity contribution in [1.29, 1.82) is 0 Å². The fraction of sp³-hybridized carbons (Fsp3) is 0.0588. The molecule has 128 valence electrons. The fourth-order valence-electron chi connectivity index (χ4n) is 2.45. The number of benzene rings is 2. The van der Waals surface area contributed by atoms with Gasteiger partial charge >= 0.3 is 5.97 Å². The number of hydrogen-bond acceptors (Lipinski definition) is 4. The molecule has 3 N–H and O–H groups in total. The second kappa shape index (κ2) is 6.06. The van der Waals surface area contributed by atoms with Gasteiger partial charge in [0.1, 0.15) is 5.56 Å². The van der Waals surface area contributed by atoms with Gasteiger partial charge in [-0.25, -0.2) is 13.2 Å². The maximum atomic E-state index is 12.5. The number of pyridine rings is 1. The molecule has 0 aliphatic heterocycles. The quantitative estimate of drug-likeness (QED) is 0.662. The number of rotatable bonds is 4. The Morgan fingerprint density at radius 3 is 2.60 bits per heavy atom. The highest BCUT2D eigenvalue weighted by atomic mass is 32.2. The summed E-state index contributed by atoms with van der Waals surface area (Å²) in [5, 5.41) is 9.02. The number of aromatic amines is 1. The van der Waals surface area contributed by atoms with Gasteiger partial charge in [-0.3, -0.25) is 9.52 Å². The van der Waals surface area contributed by atoms with Gasteiger partial charge in [0.2, 0.25) is 5.43 Å². The summed E-state index contributed by atoms with van der Waals surface area (Å²) in [6.45, 7) is 1.83. The highest BCUT2D eigenvalue weighted by molar-refractivity contribution is 7.92. The van der Waals surface area contributed by atoms with Gasteiger partial charge in [-0.15, -0.1) is 0 Å². The second-order valence-corrected chi connectivity index (χ2v) is 7.20. The number of nitrogens with one attached hydrogen (secondary N) is 2. The minimum atomic E-state index is -3.92. The van der Waals surface area contributed by atoms with Crippen molar-refractivity contribution in [3.8, 4) is 0 Å². The number of aromatic carboxylic acids is 1. The van der Waals surface area contributed by atoms with E-state index < -0.39 is 27.0 Å². The fourth-order valence-corrected chi connectivity index (χ4v) is 3.52. The molecule has 0 aliphatic rings. The molecule has 0 fully saturated rings. The lowest BCUT2D eigenvalue weighted by atomic mass is 10.1. The molecule has 3 aromatic rings. The lowest BCUT2D eigenvalue weighted by Crippen LogP contribution is -2.17. The zero-order chi connectivity index (χ0) is 18.2. The zero-order valence-corrected chi connectivity index (χ0v) is 13.9. The summed E-state index contributed by atoms with van der Waals surface area (Å²) in [4.78, 5) is 25.9. The van der Waals surface area contributed by atoms with E-state index in [1.807, 2.05) is 13.0 Å². The summed E-state index contributed by atoms with van der Waals surface area (Å²) < 4.78 is 27.5. The van der Waals surface area contributed by atoms with Crippen LogP contribution in [0.15, 0.2) is 58.4 Å². The van der Waals surface area contributed by atoms with E-state index in [0.29, 0.717) is 11.2 Å². The lowest BCUT2D eigenvalue weighted by Gasteiger charge is -2.09. The van der Waals surface area contributed by atoms with E-state index in [2.05, 4.69) is 9.71 Å². The first kappa shape index (κ1) is 16.7. The molecule has 0 bridgehead atoms. The first-order chi connectivity index (χ1) is 11.8. The average Bonchev–Trinajstić information content (AvgIpc) is 2.54. The number of sulfonamides is 1. The molecule has 0 aliphatic carbocycles. The van der Waals surface area contributed by atoms with Crippen molar-refractivity contribution < 1.29 is 18.3 Å². The van der Waals surface area contributed by atoms with Crippen LogP contribution < -0.4 is 10.2 Å². The summed E-state index contributed by atoms with van der Waals surface area (Å²) in [6.07, 6.45) is 1.09. The number of carboxylic acids is 1. The minimum Gasteiger partial charge on any atom is -0.477 e. The van der Waals surface area contributed by atoms with Gasteiger partial charge in [-0.2, -0.15) is 0 Å². The van der Waals surface area contributed by atoms with Crippen LogP contribution in [0.1, 0.15) is 15.9 Å². The van der Waals surface area contributed by atoms with Crippen molar-refractivity contribution in [3.05, 3.63) is 70.0 Å². The number of aryl methyl sites for hydroxylation is 1. The molecule has 25 heavy (non-hydrogen) atoms. The summed E-state index contributed by atoms with van der Waals surface area (Å²) in [5.74, 6) is -1.38. The van der Waals surface area contributed by atoms with Crippen LogP contribution in [0.4, 0.5) is 5.69 Å². The minimum absolute atomic E-state index is 0.00739. The lowest BCUT2D eigenvalue weighted by molar-refractivity contribution is 0.0695. The smallest absolute Gasteiger partial charge is 0.341 e. The van der Waals surface area contributed by atoms with Crippen molar-refractivity contribution in [2.24, 2.45) is 0 Å². The van der Waals surface area contributed by atoms with Gasteiger partial charge in [-0.1, -0.05) is 12.1 Å². The van der Waals surface area contributed by atoms with Gasteiger partial charge in [0.15, 0.2) is 0 Å². The average molecular weight is 358 g/mol. The number of H-pyrrole nitrogens is 1. The Hall–Kier alpha value is -3.13. The van der Waals surface area contributed by atoms with Crippen molar-refractivity contribution >= 4 is 32.6 Å². The second-order valence-electron chi connectivity index (χ2n) is 5.52. The van der Waals surface area contributed by atoms with Gasteiger partial charge in [0.05, 0.1) is 4.90 Å². The molecule has 0 unspecified atom stereocenters. The maximum absolute atomic E-state index is 12.5. The topological polar surface area (TPSA) is 116 Å². The van der Waals surface area contributed by atoms with Gasteiger partial charge in [0, 0.05) is 22.8 Å². The summed E-state index contributed by atoms with van der Waals surface area (Å²) in [6, 6.07) is 10.8.